The number of piperidine rings is 1. The molecule has 0 bridgehead atoms. The molecule has 4 nitrogen and oxygen atoms in total. The van der Waals surface area contributed by atoms with E-state index in [-0.39, 0.29) is 6.54 Å². The van der Waals surface area contributed by atoms with Gasteiger partial charge in [-0.25, -0.2) is 0 Å². The SMILES string of the molecule is CCN1CCC(N(CC(=O)O)C2CC2)CC1. The van der Waals surface area contributed by atoms with Gasteiger partial charge in [-0.3, -0.25) is 9.69 Å². The Morgan fingerprint density at radius 3 is 2.25 bits per heavy atom. The van der Waals surface area contributed by atoms with Crippen LogP contribution in [0.5, 0.6) is 0 Å². The summed E-state index contributed by atoms with van der Waals surface area (Å²) in [6.07, 6.45) is 4.66. The average Bonchev–Trinajstić information content (AvgIpc) is 3.10. The monoisotopic (exact) mass is 226 g/mol. The molecule has 16 heavy (non-hydrogen) atoms. The highest BCUT2D eigenvalue weighted by molar-refractivity contribution is 5.69. The van der Waals surface area contributed by atoms with Crippen LogP contribution in [0.4, 0.5) is 0 Å². The molecule has 1 saturated carbocycles. The number of rotatable bonds is 5. The third-order valence-electron chi connectivity index (χ3n) is 3.81. The van der Waals surface area contributed by atoms with Crippen LogP contribution in [0.3, 0.4) is 0 Å². The van der Waals surface area contributed by atoms with Crippen molar-refractivity contribution in [3.8, 4) is 0 Å². The van der Waals surface area contributed by atoms with Gasteiger partial charge < -0.3 is 10.0 Å². The number of hydrogen-bond acceptors (Lipinski definition) is 3. The molecule has 0 radical (unpaired) electrons. The van der Waals surface area contributed by atoms with Crippen LogP contribution in [0.1, 0.15) is 32.6 Å². The maximum Gasteiger partial charge on any atom is 0.317 e. The van der Waals surface area contributed by atoms with Crippen LogP contribution in [0.25, 0.3) is 0 Å². The summed E-state index contributed by atoms with van der Waals surface area (Å²) in [5.74, 6) is -0.676. The molecule has 4 heteroatoms. The van der Waals surface area contributed by atoms with Gasteiger partial charge in [0.15, 0.2) is 0 Å². The van der Waals surface area contributed by atoms with Crippen molar-refractivity contribution in [2.75, 3.05) is 26.2 Å². The molecule has 2 aliphatic rings. The standard InChI is InChI=1S/C12H22N2O2/c1-2-13-7-5-11(6-8-13)14(9-12(15)16)10-3-4-10/h10-11H,2-9H2,1H3,(H,15,16). The minimum atomic E-state index is -0.676. The summed E-state index contributed by atoms with van der Waals surface area (Å²) in [5.41, 5.74) is 0. The van der Waals surface area contributed by atoms with E-state index in [0.717, 1.165) is 32.5 Å². The van der Waals surface area contributed by atoms with Crippen LogP contribution in [-0.4, -0.2) is 59.1 Å². The zero-order valence-electron chi connectivity index (χ0n) is 10.1. The number of likely N-dealkylation sites (tertiary alicyclic amines) is 1. The second kappa shape index (κ2) is 5.15. The first-order valence-electron chi connectivity index (χ1n) is 6.40. The zero-order chi connectivity index (χ0) is 11.5. The van der Waals surface area contributed by atoms with Crippen molar-refractivity contribution in [3.63, 3.8) is 0 Å². The molecule has 92 valence electrons. The Bertz CT molecular complexity index is 245. The van der Waals surface area contributed by atoms with Gasteiger partial charge in [0.25, 0.3) is 0 Å². The van der Waals surface area contributed by atoms with E-state index in [9.17, 15) is 4.79 Å². The molecule has 0 amide bonds. The maximum absolute atomic E-state index is 10.9. The molecule has 0 aromatic heterocycles. The van der Waals surface area contributed by atoms with Crippen molar-refractivity contribution in [1.29, 1.82) is 0 Å². The van der Waals surface area contributed by atoms with Gasteiger partial charge in [-0.15, -0.1) is 0 Å². The van der Waals surface area contributed by atoms with E-state index in [4.69, 9.17) is 5.11 Å². The summed E-state index contributed by atoms with van der Waals surface area (Å²) >= 11 is 0. The first-order chi connectivity index (χ1) is 7.70. The molecule has 0 atom stereocenters. The zero-order valence-corrected chi connectivity index (χ0v) is 10.1. The first kappa shape index (κ1) is 11.9. The molecular formula is C12H22N2O2. The number of carboxylic acids is 1. The second-order valence-corrected chi connectivity index (χ2v) is 4.96. The quantitative estimate of drug-likeness (QED) is 0.760. The predicted molar refractivity (Wildman–Crippen MR) is 62.5 cm³/mol. The molecule has 2 fully saturated rings. The number of aliphatic carboxylic acids is 1. The maximum atomic E-state index is 10.9. The summed E-state index contributed by atoms with van der Waals surface area (Å²) in [4.78, 5) is 15.5. The molecular weight excluding hydrogens is 204 g/mol. The normalized spacial score (nSPS) is 23.9. The Morgan fingerprint density at radius 2 is 1.81 bits per heavy atom. The largest absolute Gasteiger partial charge is 0.480 e. The van der Waals surface area contributed by atoms with Crippen molar-refractivity contribution in [1.82, 2.24) is 9.80 Å². The van der Waals surface area contributed by atoms with Crippen LogP contribution >= 0.6 is 0 Å². The van der Waals surface area contributed by atoms with Gasteiger partial charge in [0, 0.05) is 12.1 Å². The minimum absolute atomic E-state index is 0.238. The van der Waals surface area contributed by atoms with E-state index >= 15 is 0 Å². The summed E-state index contributed by atoms with van der Waals surface area (Å²) < 4.78 is 0. The van der Waals surface area contributed by atoms with Crippen molar-refractivity contribution >= 4 is 5.97 Å². The molecule has 1 N–H and O–H groups in total. The van der Waals surface area contributed by atoms with Gasteiger partial charge in [0.1, 0.15) is 0 Å². The Morgan fingerprint density at radius 1 is 1.25 bits per heavy atom. The predicted octanol–water partition coefficient (Wildman–Crippen LogP) is 1.02. The lowest BCUT2D eigenvalue weighted by Crippen LogP contribution is -2.47. The summed E-state index contributed by atoms with van der Waals surface area (Å²) in [5, 5.41) is 8.94. The number of carbonyl (C=O) groups is 1. The van der Waals surface area contributed by atoms with Gasteiger partial charge >= 0.3 is 5.97 Å². The van der Waals surface area contributed by atoms with Crippen LogP contribution < -0.4 is 0 Å². The Hall–Kier alpha value is -0.610. The van der Waals surface area contributed by atoms with Crippen LogP contribution in [0.2, 0.25) is 0 Å². The highest BCUT2D eigenvalue weighted by Crippen LogP contribution is 2.31. The number of carboxylic acid groups (broad SMARTS) is 1. The summed E-state index contributed by atoms with van der Waals surface area (Å²) in [6, 6.07) is 1.07. The smallest absolute Gasteiger partial charge is 0.317 e. The fraction of sp³-hybridized carbons (Fsp3) is 0.917. The topological polar surface area (TPSA) is 43.8 Å². The van der Waals surface area contributed by atoms with Crippen molar-refractivity contribution in [2.24, 2.45) is 0 Å². The van der Waals surface area contributed by atoms with Gasteiger partial charge in [-0.1, -0.05) is 6.92 Å². The molecule has 1 heterocycles. The summed E-state index contributed by atoms with van der Waals surface area (Å²) in [7, 11) is 0. The average molecular weight is 226 g/mol. The van der Waals surface area contributed by atoms with Crippen molar-refractivity contribution in [2.45, 2.75) is 44.7 Å². The number of hydrogen-bond donors (Lipinski definition) is 1. The molecule has 1 aliphatic heterocycles. The summed E-state index contributed by atoms with van der Waals surface area (Å²) in [6.45, 7) is 5.81. The van der Waals surface area contributed by atoms with Gasteiger partial charge in [-0.2, -0.15) is 0 Å². The minimum Gasteiger partial charge on any atom is -0.480 e. The Kier molecular flexibility index (Phi) is 3.82. The van der Waals surface area contributed by atoms with Gasteiger partial charge in [0.2, 0.25) is 0 Å². The molecule has 0 aromatic rings. The number of nitrogens with zero attached hydrogens (tertiary/aromatic N) is 2. The lowest BCUT2D eigenvalue weighted by Gasteiger charge is -2.37. The third-order valence-corrected chi connectivity index (χ3v) is 3.81. The molecule has 1 aliphatic carbocycles. The van der Waals surface area contributed by atoms with E-state index < -0.39 is 5.97 Å². The fourth-order valence-electron chi connectivity index (χ4n) is 2.69. The van der Waals surface area contributed by atoms with E-state index in [1.807, 2.05) is 0 Å². The third kappa shape index (κ3) is 2.95. The molecule has 0 spiro atoms. The molecule has 0 aromatic carbocycles. The van der Waals surface area contributed by atoms with Crippen LogP contribution in [0.15, 0.2) is 0 Å². The second-order valence-electron chi connectivity index (χ2n) is 4.96. The van der Waals surface area contributed by atoms with Crippen LogP contribution in [-0.2, 0) is 4.79 Å². The van der Waals surface area contributed by atoms with E-state index in [1.54, 1.807) is 0 Å². The molecule has 0 unspecified atom stereocenters. The Balaban J connectivity index is 1.86. The van der Waals surface area contributed by atoms with Crippen molar-refractivity contribution < 1.29 is 9.90 Å². The Labute approximate surface area is 97.2 Å². The first-order valence-corrected chi connectivity index (χ1v) is 6.40. The van der Waals surface area contributed by atoms with Crippen LogP contribution in [0, 0.1) is 0 Å². The fourth-order valence-corrected chi connectivity index (χ4v) is 2.69. The highest BCUT2D eigenvalue weighted by Gasteiger charge is 2.36. The lowest BCUT2D eigenvalue weighted by molar-refractivity contribution is -0.139. The van der Waals surface area contributed by atoms with E-state index in [1.165, 1.54) is 12.8 Å². The highest BCUT2D eigenvalue weighted by atomic mass is 16.4. The molecule has 1 saturated heterocycles. The van der Waals surface area contributed by atoms with E-state index in [0.29, 0.717) is 12.1 Å². The van der Waals surface area contributed by atoms with Gasteiger partial charge in [-0.05, 0) is 45.3 Å². The molecule has 2 rings (SSSR count). The van der Waals surface area contributed by atoms with Crippen molar-refractivity contribution in [3.05, 3.63) is 0 Å². The van der Waals surface area contributed by atoms with E-state index in [2.05, 4.69) is 16.7 Å². The lowest BCUT2D eigenvalue weighted by atomic mass is 10.0. The van der Waals surface area contributed by atoms with Gasteiger partial charge in [0.05, 0.1) is 6.54 Å².